The number of nitrogens with one attached hydrogen (secondary N) is 2. The first-order chi connectivity index (χ1) is 12.8. The zero-order chi connectivity index (χ0) is 19.5. The minimum atomic E-state index is -4.32. The number of benzene rings is 1. The van der Waals surface area contributed by atoms with Crippen molar-refractivity contribution in [3.8, 4) is 0 Å². The predicted molar refractivity (Wildman–Crippen MR) is 102 cm³/mol. The second kappa shape index (κ2) is 7.88. The summed E-state index contributed by atoms with van der Waals surface area (Å²) in [6, 6.07) is 5.71. The van der Waals surface area contributed by atoms with E-state index in [-0.39, 0.29) is 5.41 Å². The Bertz CT molecular complexity index is 809. The molecule has 0 spiro atoms. The SMILES string of the molecule is CN=C(NCc1scnc1C)NCC1(c2cccc(C(F)(F)F)c2)CCC1. The smallest absolute Gasteiger partial charge is 0.356 e. The van der Waals surface area contributed by atoms with Gasteiger partial charge in [0.05, 0.1) is 23.3 Å². The number of guanidine groups is 1. The van der Waals surface area contributed by atoms with Gasteiger partial charge in [0.15, 0.2) is 5.96 Å². The molecule has 0 atom stereocenters. The van der Waals surface area contributed by atoms with Crippen LogP contribution in [0.5, 0.6) is 0 Å². The van der Waals surface area contributed by atoms with Gasteiger partial charge in [0.2, 0.25) is 0 Å². The maximum atomic E-state index is 13.1. The van der Waals surface area contributed by atoms with Crippen molar-refractivity contribution in [2.75, 3.05) is 13.6 Å². The van der Waals surface area contributed by atoms with Crippen LogP contribution >= 0.6 is 11.3 Å². The molecule has 27 heavy (non-hydrogen) atoms. The molecule has 4 nitrogen and oxygen atoms in total. The maximum absolute atomic E-state index is 13.1. The number of aliphatic imine (C=N–C) groups is 1. The first-order valence-electron chi connectivity index (χ1n) is 8.85. The molecule has 1 aromatic carbocycles. The van der Waals surface area contributed by atoms with E-state index in [0.29, 0.717) is 19.0 Å². The fraction of sp³-hybridized carbons (Fsp3) is 0.474. The number of hydrogen-bond acceptors (Lipinski definition) is 3. The number of alkyl halides is 3. The van der Waals surface area contributed by atoms with Gasteiger partial charge < -0.3 is 10.6 Å². The van der Waals surface area contributed by atoms with Gasteiger partial charge >= 0.3 is 6.18 Å². The summed E-state index contributed by atoms with van der Waals surface area (Å²) < 4.78 is 39.2. The molecular weight excluding hydrogens is 373 g/mol. The minimum Gasteiger partial charge on any atom is -0.356 e. The number of aryl methyl sites for hydroxylation is 1. The second-order valence-corrected chi connectivity index (χ2v) is 7.79. The maximum Gasteiger partial charge on any atom is 0.416 e. The Labute approximate surface area is 160 Å². The summed E-state index contributed by atoms with van der Waals surface area (Å²) in [5.74, 6) is 0.640. The normalized spacial score (nSPS) is 16.7. The van der Waals surface area contributed by atoms with E-state index in [9.17, 15) is 13.2 Å². The van der Waals surface area contributed by atoms with E-state index >= 15 is 0 Å². The van der Waals surface area contributed by atoms with E-state index in [1.165, 1.54) is 12.1 Å². The van der Waals surface area contributed by atoms with E-state index in [1.54, 1.807) is 30.0 Å². The zero-order valence-electron chi connectivity index (χ0n) is 15.4. The Balaban J connectivity index is 1.66. The first kappa shape index (κ1) is 19.7. The number of nitrogens with zero attached hydrogens (tertiary/aromatic N) is 2. The van der Waals surface area contributed by atoms with Gasteiger partial charge in [0.1, 0.15) is 0 Å². The second-order valence-electron chi connectivity index (χ2n) is 6.85. The topological polar surface area (TPSA) is 49.3 Å². The predicted octanol–water partition coefficient (Wildman–Crippen LogP) is 4.26. The van der Waals surface area contributed by atoms with Crippen LogP contribution in [0, 0.1) is 6.92 Å². The lowest BCUT2D eigenvalue weighted by atomic mass is 9.64. The van der Waals surface area contributed by atoms with Crippen LogP contribution in [0.25, 0.3) is 0 Å². The summed E-state index contributed by atoms with van der Waals surface area (Å²) in [5, 5.41) is 6.54. The van der Waals surface area contributed by atoms with Crippen LogP contribution in [0.3, 0.4) is 0 Å². The molecule has 3 rings (SSSR count). The Hall–Kier alpha value is -2.09. The summed E-state index contributed by atoms with van der Waals surface area (Å²) in [6.45, 7) is 3.13. The van der Waals surface area contributed by atoms with Crippen molar-refractivity contribution in [3.05, 3.63) is 51.5 Å². The van der Waals surface area contributed by atoms with Crippen LogP contribution in [0.4, 0.5) is 13.2 Å². The molecule has 0 saturated heterocycles. The van der Waals surface area contributed by atoms with Crippen LogP contribution in [-0.2, 0) is 18.1 Å². The number of halogens is 3. The zero-order valence-corrected chi connectivity index (χ0v) is 16.2. The molecule has 2 aromatic rings. The van der Waals surface area contributed by atoms with E-state index in [2.05, 4.69) is 20.6 Å². The van der Waals surface area contributed by atoms with Gasteiger partial charge in [-0.2, -0.15) is 13.2 Å². The van der Waals surface area contributed by atoms with Gasteiger partial charge in [-0.3, -0.25) is 4.99 Å². The van der Waals surface area contributed by atoms with Gasteiger partial charge in [-0.25, -0.2) is 4.98 Å². The monoisotopic (exact) mass is 396 g/mol. The summed E-state index contributed by atoms with van der Waals surface area (Å²) in [6.07, 6.45) is -1.57. The molecule has 8 heteroatoms. The number of aromatic nitrogens is 1. The Morgan fingerprint density at radius 3 is 2.63 bits per heavy atom. The van der Waals surface area contributed by atoms with E-state index < -0.39 is 11.7 Å². The molecule has 146 valence electrons. The molecule has 0 aliphatic heterocycles. The Morgan fingerprint density at radius 1 is 1.30 bits per heavy atom. The average Bonchev–Trinajstić information content (AvgIpc) is 3.01. The quantitative estimate of drug-likeness (QED) is 0.587. The van der Waals surface area contributed by atoms with Crippen molar-refractivity contribution < 1.29 is 13.2 Å². The number of hydrogen-bond donors (Lipinski definition) is 2. The van der Waals surface area contributed by atoms with Crippen molar-refractivity contribution >= 4 is 17.3 Å². The molecule has 0 unspecified atom stereocenters. The molecule has 1 aliphatic carbocycles. The van der Waals surface area contributed by atoms with Crippen molar-refractivity contribution in [1.82, 2.24) is 15.6 Å². The van der Waals surface area contributed by atoms with Gasteiger partial charge in [-0.15, -0.1) is 11.3 Å². The van der Waals surface area contributed by atoms with Crippen LogP contribution < -0.4 is 10.6 Å². The highest BCUT2D eigenvalue weighted by molar-refractivity contribution is 7.09. The standard InChI is InChI=1S/C19H23F3N4S/c1-13-16(27-12-26-13)10-24-17(23-2)25-11-18(7-4-8-18)14-5-3-6-15(9-14)19(20,21)22/h3,5-6,9,12H,4,7-8,10-11H2,1-2H3,(H2,23,24,25). The molecular formula is C19H23F3N4S. The molecule has 1 heterocycles. The highest BCUT2D eigenvalue weighted by Crippen LogP contribution is 2.44. The summed E-state index contributed by atoms with van der Waals surface area (Å²) in [4.78, 5) is 9.58. The Kier molecular flexibility index (Phi) is 5.74. The summed E-state index contributed by atoms with van der Waals surface area (Å²) >= 11 is 1.58. The number of thiazole rings is 1. The lowest BCUT2D eigenvalue weighted by Crippen LogP contribution is -2.48. The fourth-order valence-corrected chi connectivity index (χ4v) is 4.05. The van der Waals surface area contributed by atoms with Gasteiger partial charge in [-0.05, 0) is 31.4 Å². The summed E-state index contributed by atoms with van der Waals surface area (Å²) in [5.41, 5.74) is 2.67. The van der Waals surface area contributed by atoms with Gasteiger partial charge in [0, 0.05) is 23.9 Å². The van der Waals surface area contributed by atoms with Crippen molar-refractivity contribution in [1.29, 1.82) is 0 Å². The molecule has 1 aromatic heterocycles. The van der Waals surface area contributed by atoms with Crippen LogP contribution in [0.15, 0.2) is 34.8 Å². The largest absolute Gasteiger partial charge is 0.416 e. The lowest BCUT2D eigenvalue weighted by molar-refractivity contribution is -0.137. The van der Waals surface area contributed by atoms with Crippen molar-refractivity contribution in [3.63, 3.8) is 0 Å². The summed E-state index contributed by atoms with van der Waals surface area (Å²) in [7, 11) is 1.69. The molecule has 0 amide bonds. The highest BCUT2D eigenvalue weighted by Gasteiger charge is 2.40. The van der Waals surface area contributed by atoms with Crippen LogP contribution in [0.1, 0.15) is 41.0 Å². The van der Waals surface area contributed by atoms with E-state index in [1.807, 2.05) is 6.92 Å². The average molecular weight is 396 g/mol. The Morgan fingerprint density at radius 2 is 2.07 bits per heavy atom. The van der Waals surface area contributed by atoms with E-state index in [4.69, 9.17) is 0 Å². The third-order valence-electron chi connectivity index (χ3n) is 5.19. The van der Waals surface area contributed by atoms with Crippen LogP contribution in [0.2, 0.25) is 0 Å². The van der Waals surface area contributed by atoms with Crippen molar-refractivity contribution in [2.24, 2.45) is 4.99 Å². The third kappa shape index (κ3) is 4.43. The molecule has 2 N–H and O–H groups in total. The molecule has 1 aliphatic rings. The number of rotatable bonds is 5. The highest BCUT2D eigenvalue weighted by atomic mass is 32.1. The first-order valence-corrected chi connectivity index (χ1v) is 9.73. The fourth-order valence-electron chi connectivity index (χ4n) is 3.33. The lowest BCUT2D eigenvalue weighted by Gasteiger charge is -2.43. The molecule has 1 fully saturated rings. The molecule has 0 radical (unpaired) electrons. The third-order valence-corrected chi connectivity index (χ3v) is 6.13. The molecule has 0 bridgehead atoms. The minimum absolute atomic E-state index is 0.278. The van der Waals surface area contributed by atoms with Crippen LogP contribution in [-0.4, -0.2) is 24.5 Å². The van der Waals surface area contributed by atoms with Gasteiger partial charge in [-0.1, -0.05) is 24.6 Å². The van der Waals surface area contributed by atoms with Gasteiger partial charge in [0.25, 0.3) is 0 Å². The van der Waals surface area contributed by atoms with E-state index in [0.717, 1.165) is 41.5 Å². The molecule has 1 saturated carbocycles. The van der Waals surface area contributed by atoms with Crippen molar-refractivity contribution in [2.45, 2.75) is 44.3 Å².